The van der Waals surface area contributed by atoms with E-state index in [1.54, 1.807) is 48.5 Å². The molecular weight excluding hydrogens is 416 g/mol. The molecule has 3 rings (SSSR count). The lowest BCUT2D eigenvalue weighted by Gasteiger charge is -2.26. The third-order valence-corrected chi connectivity index (χ3v) is 6.84. The lowest BCUT2D eigenvalue weighted by molar-refractivity contribution is 0.0730. The molecule has 0 unspecified atom stereocenters. The Kier molecular flexibility index (Phi) is 8.06. The second-order valence-electron chi connectivity index (χ2n) is 7.90. The smallest absolute Gasteiger partial charge is 0.251 e. The molecule has 1 saturated heterocycles. The van der Waals surface area contributed by atoms with Gasteiger partial charge in [0.2, 0.25) is 10.0 Å². The molecule has 31 heavy (non-hydrogen) atoms. The summed E-state index contributed by atoms with van der Waals surface area (Å²) in [6, 6.07) is 13.9. The first-order valence-corrected chi connectivity index (χ1v) is 12.0. The number of sulfonamides is 1. The number of nitrogens with one attached hydrogen (secondary N) is 1. The van der Waals surface area contributed by atoms with Crippen molar-refractivity contribution in [2.45, 2.75) is 25.2 Å². The number of carbonyl (C=O) groups is 1. The summed E-state index contributed by atoms with van der Waals surface area (Å²) in [6.45, 7) is 6.85. The summed E-state index contributed by atoms with van der Waals surface area (Å²) in [6.07, 6.45) is 0.610. The van der Waals surface area contributed by atoms with Crippen LogP contribution in [0, 0.1) is 5.92 Å². The summed E-state index contributed by atoms with van der Waals surface area (Å²) >= 11 is 0. The van der Waals surface area contributed by atoms with E-state index in [9.17, 15) is 13.2 Å². The number of rotatable bonds is 9. The molecule has 7 nitrogen and oxygen atoms in total. The van der Waals surface area contributed by atoms with Crippen LogP contribution in [0.15, 0.2) is 53.4 Å². The van der Waals surface area contributed by atoms with Crippen LogP contribution in [0.25, 0.3) is 0 Å². The molecule has 8 heteroatoms. The summed E-state index contributed by atoms with van der Waals surface area (Å²) in [5, 5.41) is 2.89. The standard InChI is InChI=1S/C23H30N2O5S/c1-18(2)17-30-21-7-5-20(6-8-21)23(26)24-12-11-19-3-9-22(10-4-19)31(27,28)25-13-15-29-16-14-25/h3-10,18H,11-17H2,1-2H3,(H,24,26). The van der Waals surface area contributed by atoms with Crippen molar-refractivity contribution in [2.75, 3.05) is 39.5 Å². The summed E-state index contributed by atoms with van der Waals surface area (Å²) in [5.74, 6) is 1.04. The number of nitrogens with zero attached hydrogens (tertiary/aromatic N) is 1. The highest BCUT2D eigenvalue weighted by atomic mass is 32.2. The lowest BCUT2D eigenvalue weighted by Crippen LogP contribution is -2.40. The fourth-order valence-corrected chi connectivity index (χ4v) is 4.56. The van der Waals surface area contributed by atoms with Gasteiger partial charge < -0.3 is 14.8 Å². The van der Waals surface area contributed by atoms with Gasteiger partial charge in [-0.3, -0.25) is 4.79 Å². The Balaban J connectivity index is 1.48. The minimum atomic E-state index is -3.49. The van der Waals surface area contributed by atoms with Crippen molar-refractivity contribution >= 4 is 15.9 Å². The molecule has 1 fully saturated rings. The van der Waals surface area contributed by atoms with Gasteiger partial charge in [-0.25, -0.2) is 8.42 Å². The highest BCUT2D eigenvalue weighted by molar-refractivity contribution is 7.89. The van der Waals surface area contributed by atoms with Gasteiger partial charge in [-0.1, -0.05) is 26.0 Å². The van der Waals surface area contributed by atoms with Crippen molar-refractivity contribution in [3.63, 3.8) is 0 Å². The third-order valence-electron chi connectivity index (χ3n) is 4.93. The maximum Gasteiger partial charge on any atom is 0.251 e. The van der Waals surface area contributed by atoms with E-state index in [0.717, 1.165) is 11.3 Å². The molecule has 2 aromatic rings. The molecule has 0 aromatic heterocycles. The van der Waals surface area contributed by atoms with Crippen molar-refractivity contribution in [3.05, 3.63) is 59.7 Å². The van der Waals surface area contributed by atoms with Crippen LogP contribution in [-0.4, -0.2) is 58.1 Å². The topological polar surface area (TPSA) is 84.9 Å². The Morgan fingerprint density at radius 3 is 2.32 bits per heavy atom. The Morgan fingerprint density at radius 1 is 1.06 bits per heavy atom. The fraction of sp³-hybridized carbons (Fsp3) is 0.435. The number of benzene rings is 2. The van der Waals surface area contributed by atoms with Crippen LogP contribution in [0.2, 0.25) is 0 Å². The Labute approximate surface area is 184 Å². The molecule has 0 atom stereocenters. The van der Waals surface area contributed by atoms with E-state index >= 15 is 0 Å². The SMILES string of the molecule is CC(C)COc1ccc(C(=O)NCCc2ccc(S(=O)(=O)N3CCOCC3)cc2)cc1. The van der Waals surface area contributed by atoms with Gasteiger partial charge in [0.25, 0.3) is 5.91 Å². The molecule has 1 heterocycles. The Bertz CT molecular complexity index is 950. The number of ether oxygens (including phenoxy) is 2. The minimum Gasteiger partial charge on any atom is -0.493 e. The fourth-order valence-electron chi connectivity index (χ4n) is 3.15. The first-order chi connectivity index (χ1) is 14.9. The van der Waals surface area contributed by atoms with E-state index in [0.29, 0.717) is 57.4 Å². The van der Waals surface area contributed by atoms with Crippen LogP contribution < -0.4 is 10.1 Å². The predicted octanol–water partition coefficient (Wildman–Crippen LogP) is 2.71. The van der Waals surface area contributed by atoms with Crippen molar-refractivity contribution in [2.24, 2.45) is 5.92 Å². The quantitative estimate of drug-likeness (QED) is 0.640. The molecule has 1 aliphatic heterocycles. The van der Waals surface area contributed by atoms with E-state index in [1.165, 1.54) is 4.31 Å². The minimum absolute atomic E-state index is 0.151. The third kappa shape index (κ3) is 6.53. The maximum absolute atomic E-state index is 12.7. The molecule has 0 aliphatic carbocycles. The van der Waals surface area contributed by atoms with E-state index in [4.69, 9.17) is 9.47 Å². The number of amides is 1. The van der Waals surface area contributed by atoms with Crippen molar-refractivity contribution in [3.8, 4) is 5.75 Å². The molecule has 1 amide bonds. The highest BCUT2D eigenvalue weighted by Crippen LogP contribution is 2.18. The number of hydrogen-bond acceptors (Lipinski definition) is 5. The zero-order chi connectivity index (χ0) is 22.3. The monoisotopic (exact) mass is 446 g/mol. The van der Waals surface area contributed by atoms with Gasteiger partial charge in [0.1, 0.15) is 5.75 Å². The zero-order valence-electron chi connectivity index (χ0n) is 18.0. The first kappa shape index (κ1) is 23.2. The molecule has 1 N–H and O–H groups in total. The summed E-state index contributed by atoms with van der Waals surface area (Å²) in [7, 11) is -3.49. The molecule has 2 aromatic carbocycles. The first-order valence-electron chi connectivity index (χ1n) is 10.5. The Hall–Kier alpha value is -2.42. The predicted molar refractivity (Wildman–Crippen MR) is 119 cm³/mol. The van der Waals surface area contributed by atoms with Gasteiger partial charge in [0.05, 0.1) is 24.7 Å². The highest BCUT2D eigenvalue weighted by Gasteiger charge is 2.26. The van der Waals surface area contributed by atoms with E-state index in [1.807, 2.05) is 0 Å². The molecule has 1 aliphatic rings. The molecule has 0 spiro atoms. The number of carbonyl (C=O) groups excluding carboxylic acids is 1. The van der Waals surface area contributed by atoms with Crippen LogP contribution >= 0.6 is 0 Å². The second kappa shape index (κ2) is 10.7. The number of morpholine rings is 1. The molecule has 0 saturated carbocycles. The largest absolute Gasteiger partial charge is 0.493 e. The van der Waals surface area contributed by atoms with Crippen molar-refractivity contribution < 1.29 is 22.7 Å². The van der Waals surface area contributed by atoms with Gasteiger partial charge in [-0.15, -0.1) is 0 Å². The molecule has 0 radical (unpaired) electrons. The van der Waals surface area contributed by atoms with E-state index < -0.39 is 10.0 Å². The normalized spacial score (nSPS) is 15.1. The van der Waals surface area contributed by atoms with Crippen LogP contribution in [0.1, 0.15) is 29.8 Å². The van der Waals surface area contributed by atoms with Crippen molar-refractivity contribution in [1.82, 2.24) is 9.62 Å². The van der Waals surface area contributed by atoms with Crippen LogP contribution in [0.4, 0.5) is 0 Å². The maximum atomic E-state index is 12.7. The van der Waals surface area contributed by atoms with E-state index in [-0.39, 0.29) is 10.8 Å². The van der Waals surface area contributed by atoms with Gasteiger partial charge >= 0.3 is 0 Å². The second-order valence-corrected chi connectivity index (χ2v) is 9.83. The summed E-state index contributed by atoms with van der Waals surface area (Å²) in [5.41, 5.74) is 1.53. The van der Waals surface area contributed by atoms with Crippen LogP contribution in [0.5, 0.6) is 5.75 Å². The van der Waals surface area contributed by atoms with Gasteiger partial charge in [0.15, 0.2) is 0 Å². The molecular formula is C23H30N2O5S. The summed E-state index contributed by atoms with van der Waals surface area (Å²) in [4.78, 5) is 12.6. The Morgan fingerprint density at radius 2 is 1.71 bits per heavy atom. The average molecular weight is 447 g/mol. The lowest BCUT2D eigenvalue weighted by atomic mass is 10.1. The van der Waals surface area contributed by atoms with E-state index in [2.05, 4.69) is 19.2 Å². The van der Waals surface area contributed by atoms with Gasteiger partial charge in [-0.05, 0) is 54.3 Å². The van der Waals surface area contributed by atoms with Crippen LogP contribution in [0.3, 0.4) is 0 Å². The molecule has 0 bridgehead atoms. The van der Waals surface area contributed by atoms with Crippen molar-refractivity contribution in [1.29, 1.82) is 0 Å². The average Bonchev–Trinajstić information content (AvgIpc) is 2.79. The zero-order valence-corrected chi connectivity index (χ0v) is 18.9. The molecule has 168 valence electrons. The van der Waals surface area contributed by atoms with Gasteiger partial charge in [-0.2, -0.15) is 4.31 Å². The summed E-state index contributed by atoms with van der Waals surface area (Å²) < 4.78 is 37.6. The van der Waals surface area contributed by atoms with Gasteiger partial charge in [0, 0.05) is 25.2 Å². The van der Waals surface area contributed by atoms with Crippen LogP contribution in [-0.2, 0) is 21.2 Å². The number of hydrogen-bond donors (Lipinski definition) is 1.